The first-order chi connectivity index (χ1) is 10.6. The summed E-state index contributed by atoms with van der Waals surface area (Å²) in [5, 5.41) is 10.9. The first-order valence-corrected chi connectivity index (χ1v) is 8.98. The van der Waals surface area contributed by atoms with Crippen LogP contribution in [0.25, 0.3) is 0 Å². The van der Waals surface area contributed by atoms with E-state index >= 15 is 0 Å². The second-order valence-corrected chi connectivity index (χ2v) is 8.56. The van der Waals surface area contributed by atoms with Crippen LogP contribution in [-0.4, -0.2) is 36.7 Å². The molecule has 1 aromatic carbocycles. The lowest BCUT2D eigenvalue weighted by Gasteiger charge is -2.18. The van der Waals surface area contributed by atoms with Crippen LogP contribution in [0.3, 0.4) is 0 Å². The van der Waals surface area contributed by atoms with E-state index in [-0.39, 0.29) is 22.8 Å². The van der Waals surface area contributed by atoms with Gasteiger partial charge in [0.2, 0.25) is 0 Å². The summed E-state index contributed by atoms with van der Waals surface area (Å²) < 4.78 is 24.7. The number of carboxylic acids is 1. The number of hydrogen-bond donors (Lipinski definition) is 2. The average molecular weight is 341 g/mol. The average Bonchev–Trinajstić information content (AvgIpc) is 2.45. The molecule has 0 saturated carbocycles. The number of aliphatic carboxylic acids is 1. The zero-order valence-electron chi connectivity index (χ0n) is 13.7. The number of carboxylic acid groups (broad SMARTS) is 1. The Bertz CT molecular complexity index is 679. The fraction of sp³-hybridized carbons (Fsp3) is 0.500. The number of carbonyl (C=O) groups excluding carboxylic acids is 1. The Labute approximate surface area is 136 Å². The highest BCUT2D eigenvalue weighted by Gasteiger charge is 2.28. The summed E-state index contributed by atoms with van der Waals surface area (Å²) >= 11 is 0. The van der Waals surface area contributed by atoms with E-state index in [1.165, 1.54) is 32.0 Å². The summed E-state index contributed by atoms with van der Waals surface area (Å²) in [5.74, 6) is -1.76. The van der Waals surface area contributed by atoms with Crippen LogP contribution in [0, 0.1) is 5.92 Å². The molecule has 0 aliphatic rings. The van der Waals surface area contributed by atoms with E-state index in [2.05, 4.69) is 5.32 Å². The molecule has 1 atom stereocenters. The summed E-state index contributed by atoms with van der Waals surface area (Å²) in [6.45, 7) is 6.75. The van der Waals surface area contributed by atoms with E-state index in [1.807, 2.05) is 13.8 Å². The van der Waals surface area contributed by atoms with Crippen molar-refractivity contribution in [3.05, 3.63) is 29.8 Å². The summed E-state index contributed by atoms with van der Waals surface area (Å²) in [6, 6.07) is 4.78. The van der Waals surface area contributed by atoms with Crippen LogP contribution in [0.15, 0.2) is 29.2 Å². The van der Waals surface area contributed by atoms with Crippen LogP contribution < -0.4 is 5.32 Å². The minimum absolute atomic E-state index is 0.0313. The second kappa shape index (κ2) is 7.59. The van der Waals surface area contributed by atoms with Crippen molar-refractivity contribution in [2.75, 3.05) is 0 Å². The van der Waals surface area contributed by atoms with Gasteiger partial charge in [-0.15, -0.1) is 0 Å². The van der Waals surface area contributed by atoms with Gasteiger partial charge in [0, 0.05) is 0 Å². The van der Waals surface area contributed by atoms with Crippen molar-refractivity contribution in [1.82, 2.24) is 5.32 Å². The minimum atomic E-state index is -3.64. The zero-order chi connectivity index (χ0) is 17.8. The molecule has 0 unspecified atom stereocenters. The van der Waals surface area contributed by atoms with Crippen molar-refractivity contribution in [3.63, 3.8) is 0 Å². The Morgan fingerprint density at radius 2 is 1.70 bits per heavy atom. The maximum atomic E-state index is 12.4. The van der Waals surface area contributed by atoms with E-state index in [1.54, 1.807) is 6.07 Å². The number of nitrogens with one attached hydrogen (secondary N) is 1. The quantitative estimate of drug-likeness (QED) is 0.791. The fourth-order valence-electron chi connectivity index (χ4n) is 2.09. The number of sulfone groups is 1. The Morgan fingerprint density at radius 1 is 1.13 bits per heavy atom. The van der Waals surface area contributed by atoms with E-state index < -0.39 is 33.0 Å². The van der Waals surface area contributed by atoms with E-state index in [4.69, 9.17) is 0 Å². The third-order valence-corrected chi connectivity index (χ3v) is 5.58. The first kappa shape index (κ1) is 19.2. The van der Waals surface area contributed by atoms with Crippen molar-refractivity contribution in [2.24, 2.45) is 5.92 Å². The lowest BCUT2D eigenvalue weighted by Crippen LogP contribution is -2.42. The molecule has 0 bridgehead atoms. The molecular weight excluding hydrogens is 318 g/mol. The van der Waals surface area contributed by atoms with Crippen LogP contribution in [0.4, 0.5) is 0 Å². The molecule has 0 aliphatic carbocycles. The molecule has 0 heterocycles. The van der Waals surface area contributed by atoms with Gasteiger partial charge in [0.05, 0.1) is 15.7 Å². The Balaban J connectivity index is 3.17. The van der Waals surface area contributed by atoms with Gasteiger partial charge >= 0.3 is 5.97 Å². The molecule has 7 heteroatoms. The van der Waals surface area contributed by atoms with Gasteiger partial charge in [0.1, 0.15) is 6.04 Å². The fourth-order valence-corrected chi connectivity index (χ4v) is 3.33. The smallest absolute Gasteiger partial charge is 0.326 e. The lowest BCUT2D eigenvalue weighted by atomic mass is 10.0. The predicted octanol–water partition coefficient (Wildman–Crippen LogP) is 2.10. The van der Waals surface area contributed by atoms with Crippen LogP contribution in [0.2, 0.25) is 0 Å². The van der Waals surface area contributed by atoms with Gasteiger partial charge in [-0.05, 0) is 38.3 Å². The minimum Gasteiger partial charge on any atom is -0.480 e. The molecule has 0 aliphatic heterocycles. The van der Waals surface area contributed by atoms with Crippen molar-refractivity contribution < 1.29 is 23.1 Å². The highest BCUT2D eigenvalue weighted by atomic mass is 32.2. The second-order valence-electron chi connectivity index (χ2n) is 6.08. The van der Waals surface area contributed by atoms with Gasteiger partial charge in [-0.2, -0.15) is 0 Å². The van der Waals surface area contributed by atoms with Gasteiger partial charge in [-0.25, -0.2) is 13.2 Å². The molecule has 6 nitrogen and oxygen atoms in total. The molecule has 0 fully saturated rings. The molecule has 2 N–H and O–H groups in total. The molecule has 0 aromatic heterocycles. The van der Waals surface area contributed by atoms with Crippen molar-refractivity contribution in [1.29, 1.82) is 0 Å². The van der Waals surface area contributed by atoms with Crippen LogP contribution in [0.1, 0.15) is 44.5 Å². The molecule has 0 saturated heterocycles. The Kier molecular flexibility index (Phi) is 6.32. The zero-order valence-corrected chi connectivity index (χ0v) is 14.6. The van der Waals surface area contributed by atoms with Crippen LogP contribution in [0.5, 0.6) is 0 Å². The number of benzene rings is 1. The number of carbonyl (C=O) groups is 2. The number of hydrogen-bond acceptors (Lipinski definition) is 4. The normalized spacial score (nSPS) is 13.1. The van der Waals surface area contributed by atoms with Crippen molar-refractivity contribution in [3.8, 4) is 0 Å². The molecule has 23 heavy (non-hydrogen) atoms. The monoisotopic (exact) mass is 341 g/mol. The molecule has 1 amide bonds. The topological polar surface area (TPSA) is 101 Å². The Hall–Kier alpha value is -1.89. The van der Waals surface area contributed by atoms with Gasteiger partial charge in [0.15, 0.2) is 9.84 Å². The number of amides is 1. The molecular formula is C16H23NO5S. The van der Waals surface area contributed by atoms with Crippen molar-refractivity contribution in [2.45, 2.75) is 50.3 Å². The number of rotatable bonds is 7. The predicted molar refractivity (Wildman–Crippen MR) is 87.1 cm³/mol. The third kappa shape index (κ3) is 4.79. The van der Waals surface area contributed by atoms with Gasteiger partial charge in [-0.1, -0.05) is 26.0 Å². The molecule has 0 radical (unpaired) electrons. The van der Waals surface area contributed by atoms with E-state index in [9.17, 15) is 23.1 Å². The standard InChI is InChI=1S/C16H23NO5S/c1-10(2)9-13(16(19)20)17-15(18)12-7-5-6-8-14(12)23(21,22)11(3)4/h5-8,10-11,13H,9H2,1-4H3,(H,17,18)(H,19,20)/t13-/m1/s1. The molecule has 0 spiro atoms. The Morgan fingerprint density at radius 3 is 2.17 bits per heavy atom. The molecule has 1 aromatic rings. The summed E-state index contributed by atoms with van der Waals surface area (Å²) in [6.07, 6.45) is 0.264. The largest absolute Gasteiger partial charge is 0.480 e. The molecule has 128 valence electrons. The lowest BCUT2D eigenvalue weighted by molar-refractivity contribution is -0.139. The summed E-state index contributed by atoms with van der Waals surface area (Å²) in [4.78, 5) is 23.6. The highest BCUT2D eigenvalue weighted by molar-refractivity contribution is 7.92. The maximum Gasteiger partial charge on any atom is 0.326 e. The summed E-state index contributed by atoms with van der Waals surface area (Å²) in [7, 11) is -3.64. The van der Waals surface area contributed by atoms with Gasteiger partial charge in [0.25, 0.3) is 5.91 Å². The highest BCUT2D eigenvalue weighted by Crippen LogP contribution is 2.21. The van der Waals surface area contributed by atoms with Gasteiger partial charge < -0.3 is 10.4 Å². The SMILES string of the molecule is CC(C)C[C@@H](NC(=O)c1ccccc1S(=O)(=O)C(C)C)C(=O)O. The third-order valence-electron chi connectivity index (χ3n) is 3.37. The van der Waals surface area contributed by atoms with Crippen LogP contribution >= 0.6 is 0 Å². The van der Waals surface area contributed by atoms with Gasteiger partial charge in [-0.3, -0.25) is 4.79 Å². The van der Waals surface area contributed by atoms with Crippen LogP contribution in [-0.2, 0) is 14.6 Å². The van der Waals surface area contributed by atoms with Crippen molar-refractivity contribution >= 4 is 21.7 Å². The first-order valence-electron chi connectivity index (χ1n) is 7.44. The van der Waals surface area contributed by atoms with E-state index in [0.717, 1.165) is 0 Å². The maximum absolute atomic E-state index is 12.4. The molecule has 1 rings (SSSR count). The van der Waals surface area contributed by atoms with E-state index in [0.29, 0.717) is 0 Å². The summed E-state index contributed by atoms with van der Waals surface area (Å²) in [5.41, 5.74) is -0.0313.